The summed E-state index contributed by atoms with van der Waals surface area (Å²) in [4.78, 5) is 15.4. The first-order chi connectivity index (χ1) is 15.3. The third-order valence-corrected chi connectivity index (χ3v) is 7.48. The van der Waals surface area contributed by atoms with Crippen molar-refractivity contribution in [2.75, 3.05) is 12.3 Å². The summed E-state index contributed by atoms with van der Waals surface area (Å²) >= 11 is 1.50. The number of rotatable bonds is 5. The first kappa shape index (κ1) is 20.3. The van der Waals surface area contributed by atoms with Crippen LogP contribution in [0.25, 0.3) is 17.1 Å². The zero-order chi connectivity index (χ0) is 21.0. The molecule has 31 heavy (non-hydrogen) atoms. The summed E-state index contributed by atoms with van der Waals surface area (Å²) < 4.78 is 2.06. The zero-order valence-electron chi connectivity index (χ0n) is 17.7. The number of nitrogens with zero attached hydrogens (tertiary/aromatic N) is 4. The molecule has 2 atom stereocenters. The molecule has 1 aliphatic carbocycles. The normalized spacial score (nSPS) is 21.0. The van der Waals surface area contributed by atoms with Crippen LogP contribution in [0.3, 0.4) is 0 Å². The van der Waals surface area contributed by atoms with Crippen molar-refractivity contribution >= 4 is 17.7 Å². The number of likely N-dealkylation sites (tertiary alicyclic amines) is 1. The summed E-state index contributed by atoms with van der Waals surface area (Å²) in [6, 6.07) is 20.7. The molecule has 1 aromatic heterocycles. The van der Waals surface area contributed by atoms with Crippen LogP contribution in [0.2, 0.25) is 0 Å². The quantitative estimate of drug-likeness (QED) is 0.520. The van der Waals surface area contributed by atoms with Crippen LogP contribution in [0.1, 0.15) is 38.5 Å². The van der Waals surface area contributed by atoms with Gasteiger partial charge in [-0.3, -0.25) is 9.36 Å². The van der Waals surface area contributed by atoms with Crippen molar-refractivity contribution in [1.82, 2.24) is 19.7 Å². The van der Waals surface area contributed by atoms with E-state index in [0.717, 1.165) is 35.2 Å². The summed E-state index contributed by atoms with van der Waals surface area (Å²) in [5.74, 6) is 2.15. The lowest BCUT2D eigenvalue weighted by molar-refractivity contribution is -0.134. The molecule has 1 saturated heterocycles. The number of fused-ring (bicyclic) bond motifs is 1. The summed E-state index contributed by atoms with van der Waals surface area (Å²) in [6.45, 7) is 0.904. The van der Waals surface area contributed by atoms with Gasteiger partial charge in [0.1, 0.15) is 0 Å². The number of carbonyl (C=O) groups excluding carboxylic acids is 1. The fourth-order valence-corrected chi connectivity index (χ4v) is 5.93. The fourth-order valence-electron chi connectivity index (χ4n) is 5.09. The Balaban J connectivity index is 1.38. The van der Waals surface area contributed by atoms with Crippen molar-refractivity contribution in [1.29, 1.82) is 0 Å². The summed E-state index contributed by atoms with van der Waals surface area (Å²) in [7, 11) is 0. The molecule has 6 heteroatoms. The van der Waals surface area contributed by atoms with E-state index in [1.165, 1.54) is 43.9 Å². The lowest BCUT2D eigenvalue weighted by Gasteiger charge is -2.44. The van der Waals surface area contributed by atoms with E-state index in [2.05, 4.69) is 31.8 Å². The molecule has 1 aliphatic heterocycles. The van der Waals surface area contributed by atoms with Crippen LogP contribution in [0.15, 0.2) is 65.8 Å². The monoisotopic (exact) mass is 432 g/mol. The second-order valence-electron chi connectivity index (χ2n) is 8.47. The van der Waals surface area contributed by atoms with Gasteiger partial charge in [0.15, 0.2) is 11.0 Å². The number of benzene rings is 2. The van der Waals surface area contributed by atoms with Gasteiger partial charge in [0.05, 0.1) is 5.75 Å². The minimum Gasteiger partial charge on any atom is -0.339 e. The van der Waals surface area contributed by atoms with Gasteiger partial charge in [-0.05, 0) is 43.7 Å². The van der Waals surface area contributed by atoms with Crippen LogP contribution >= 0.6 is 11.8 Å². The summed E-state index contributed by atoms with van der Waals surface area (Å²) in [5.41, 5.74) is 2.02. The van der Waals surface area contributed by atoms with Crippen molar-refractivity contribution < 1.29 is 4.79 Å². The molecule has 0 bridgehead atoms. The standard InChI is InChI=1S/C25H28N4OS/c30-23(28-17-9-13-19-10-7-8-16-22(19)28)18-31-25-27-26-24(20-11-3-1-4-12-20)29(25)21-14-5-2-6-15-21/h1-6,11-12,14-15,19,22H,7-10,13,16-18H2. The van der Waals surface area contributed by atoms with Crippen molar-refractivity contribution in [3.05, 3.63) is 60.7 Å². The highest BCUT2D eigenvalue weighted by Gasteiger charge is 2.35. The largest absolute Gasteiger partial charge is 0.339 e. The molecule has 0 spiro atoms. The number of thioether (sulfide) groups is 1. The van der Waals surface area contributed by atoms with Crippen molar-refractivity contribution in [2.45, 2.75) is 49.7 Å². The molecule has 3 aromatic rings. The minimum atomic E-state index is 0.241. The first-order valence-electron chi connectivity index (χ1n) is 11.3. The van der Waals surface area contributed by atoms with Gasteiger partial charge in [-0.2, -0.15) is 0 Å². The van der Waals surface area contributed by atoms with E-state index in [-0.39, 0.29) is 5.91 Å². The van der Waals surface area contributed by atoms with Gasteiger partial charge >= 0.3 is 0 Å². The van der Waals surface area contributed by atoms with E-state index in [4.69, 9.17) is 0 Å². The van der Waals surface area contributed by atoms with Crippen molar-refractivity contribution in [3.8, 4) is 17.1 Å². The van der Waals surface area contributed by atoms with Crippen LogP contribution in [0.5, 0.6) is 0 Å². The third kappa shape index (κ3) is 4.26. The SMILES string of the molecule is O=C(CSc1nnc(-c2ccccc2)n1-c1ccccc1)N1CCCC2CCCCC21. The third-order valence-electron chi connectivity index (χ3n) is 6.57. The molecule has 1 amide bonds. The molecule has 0 N–H and O–H groups in total. The van der Waals surface area contributed by atoms with Gasteiger partial charge in [0, 0.05) is 23.8 Å². The van der Waals surface area contributed by atoms with Gasteiger partial charge in [0.2, 0.25) is 5.91 Å². The predicted molar refractivity (Wildman–Crippen MR) is 124 cm³/mol. The van der Waals surface area contributed by atoms with E-state index in [9.17, 15) is 4.79 Å². The van der Waals surface area contributed by atoms with Crippen molar-refractivity contribution in [2.24, 2.45) is 5.92 Å². The average molecular weight is 433 g/mol. The minimum absolute atomic E-state index is 0.241. The maximum Gasteiger partial charge on any atom is 0.233 e. The van der Waals surface area contributed by atoms with Crippen LogP contribution in [0, 0.1) is 5.92 Å². The maximum absolute atomic E-state index is 13.2. The molecule has 160 valence electrons. The van der Waals surface area contributed by atoms with Gasteiger partial charge in [-0.25, -0.2) is 0 Å². The molecule has 2 unspecified atom stereocenters. The molecule has 2 aliphatic rings. The second kappa shape index (κ2) is 9.27. The average Bonchev–Trinajstić information content (AvgIpc) is 3.27. The molecular weight excluding hydrogens is 404 g/mol. The number of piperidine rings is 1. The molecule has 2 fully saturated rings. The summed E-state index contributed by atoms with van der Waals surface area (Å²) in [6.07, 6.45) is 7.44. The Labute approximate surface area is 187 Å². The van der Waals surface area contributed by atoms with Crippen molar-refractivity contribution in [3.63, 3.8) is 0 Å². The van der Waals surface area contributed by atoms with E-state index >= 15 is 0 Å². The lowest BCUT2D eigenvalue weighted by atomic mass is 9.78. The molecule has 5 rings (SSSR count). The van der Waals surface area contributed by atoms with Gasteiger partial charge in [-0.15, -0.1) is 10.2 Å². The highest BCUT2D eigenvalue weighted by atomic mass is 32.2. The topological polar surface area (TPSA) is 51.0 Å². The van der Waals surface area contributed by atoms with E-state index in [1.54, 1.807) is 0 Å². The van der Waals surface area contributed by atoms with E-state index in [1.807, 2.05) is 48.5 Å². The molecule has 0 radical (unpaired) electrons. The molecular formula is C25H28N4OS. The Bertz CT molecular complexity index is 1020. The van der Waals surface area contributed by atoms with E-state index in [0.29, 0.717) is 17.7 Å². The zero-order valence-corrected chi connectivity index (χ0v) is 18.5. The predicted octanol–water partition coefficient (Wildman–Crippen LogP) is 5.21. The number of para-hydroxylation sites is 1. The Hall–Kier alpha value is -2.60. The number of hydrogen-bond donors (Lipinski definition) is 0. The second-order valence-corrected chi connectivity index (χ2v) is 9.42. The molecule has 5 nitrogen and oxygen atoms in total. The highest BCUT2D eigenvalue weighted by Crippen LogP contribution is 2.36. The smallest absolute Gasteiger partial charge is 0.233 e. The Morgan fingerprint density at radius 3 is 2.42 bits per heavy atom. The van der Waals surface area contributed by atoms with Gasteiger partial charge in [0.25, 0.3) is 0 Å². The van der Waals surface area contributed by atoms with Crippen LogP contribution in [-0.4, -0.2) is 43.9 Å². The number of hydrogen-bond acceptors (Lipinski definition) is 4. The fraction of sp³-hybridized carbons (Fsp3) is 0.400. The van der Waals surface area contributed by atoms with Crippen LogP contribution < -0.4 is 0 Å². The molecule has 2 aromatic carbocycles. The van der Waals surface area contributed by atoms with E-state index < -0.39 is 0 Å². The Morgan fingerprint density at radius 2 is 1.61 bits per heavy atom. The molecule has 1 saturated carbocycles. The summed E-state index contributed by atoms with van der Waals surface area (Å²) in [5, 5.41) is 9.72. The van der Waals surface area contributed by atoms with Crippen LogP contribution in [0.4, 0.5) is 0 Å². The van der Waals surface area contributed by atoms with Gasteiger partial charge < -0.3 is 4.90 Å². The molecule has 2 heterocycles. The van der Waals surface area contributed by atoms with Gasteiger partial charge in [-0.1, -0.05) is 73.1 Å². The Morgan fingerprint density at radius 1 is 0.903 bits per heavy atom. The highest BCUT2D eigenvalue weighted by molar-refractivity contribution is 7.99. The number of aromatic nitrogens is 3. The lowest BCUT2D eigenvalue weighted by Crippen LogP contribution is -2.50. The first-order valence-corrected chi connectivity index (χ1v) is 12.3. The number of carbonyl (C=O) groups is 1. The number of amides is 1. The maximum atomic E-state index is 13.2. The van der Waals surface area contributed by atoms with Crippen LogP contribution in [-0.2, 0) is 4.79 Å². The Kier molecular flexibility index (Phi) is 6.07.